The molecule has 1 aromatic rings. The molecule has 0 aliphatic carbocycles. The highest BCUT2D eigenvalue weighted by Crippen LogP contribution is 2.19. The first-order valence-corrected chi connectivity index (χ1v) is 4.20. The maximum Gasteiger partial charge on any atom is 0.125 e. The normalized spacial score (nSPS) is 10.6. The van der Waals surface area contributed by atoms with Crippen molar-refractivity contribution >= 4 is 11.4 Å². The molecule has 0 atom stereocenters. The third-order valence-electron chi connectivity index (χ3n) is 1.81. The van der Waals surface area contributed by atoms with Crippen LogP contribution in [0.15, 0.2) is 18.2 Å². The van der Waals surface area contributed by atoms with E-state index in [0.717, 1.165) is 0 Å². The van der Waals surface area contributed by atoms with Crippen LogP contribution in [-0.2, 0) is 0 Å². The van der Waals surface area contributed by atoms with Crippen LogP contribution in [-0.4, -0.2) is 29.5 Å². The van der Waals surface area contributed by atoms with Crippen LogP contribution in [0.2, 0.25) is 0 Å². The van der Waals surface area contributed by atoms with E-state index in [1.54, 1.807) is 0 Å². The summed E-state index contributed by atoms with van der Waals surface area (Å²) in [5.74, 6) is -0.419. The van der Waals surface area contributed by atoms with Gasteiger partial charge in [-0.15, -0.1) is 0 Å². The van der Waals surface area contributed by atoms with Crippen molar-refractivity contribution in [2.75, 3.05) is 24.3 Å². The summed E-state index contributed by atoms with van der Waals surface area (Å²) < 4.78 is 12.6. The van der Waals surface area contributed by atoms with Gasteiger partial charge in [0.25, 0.3) is 0 Å². The fourth-order valence-corrected chi connectivity index (χ4v) is 1.03. The van der Waals surface area contributed by atoms with E-state index in [4.69, 9.17) is 15.9 Å². The summed E-state index contributed by atoms with van der Waals surface area (Å²) in [6, 6.07) is 3.41. The van der Waals surface area contributed by atoms with Gasteiger partial charge in [0.15, 0.2) is 0 Å². The highest BCUT2D eigenvalue weighted by molar-refractivity contribution is 5.66. The van der Waals surface area contributed by atoms with E-state index in [1.165, 1.54) is 18.2 Å². The molecule has 0 spiro atoms. The third-order valence-corrected chi connectivity index (χ3v) is 1.81. The van der Waals surface area contributed by atoms with Crippen molar-refractivity contribution in [2.45, 2.75) is 6.04 Å². The number of aliphatic hydroxyl groups excluding tert-OH is 2. The number of nitrogen functional groups attached to an aromatic ring is 1. The lowest BCUT2D eigenvalue weighted by Crippen LogP contribution is -2.28. The van der Waals surface area contributed by atoms with E-state index < -0.39 is 11.9 Å². The van der Waals surface area contributed by atoms with Gasteiger partial charge < -0.3 is 21.3 Å². The second kappa shape index (κ2) is 4.78. The summed E-state index contributed by atoms with van der Waals surface area (Å²) in [4.78, 5) is 0. The highest BCUT2D eigenvalue weighted by Gasteiger charge is 2.07. The predicted octanol–water partition coefficient (Wildman–Crippen LogP) is 0.173. The molecule has 14 heavy (non-hydrogen) atoms. The van der Waals surface area contributed by atoms with Gasteiger partial charge in [0, 0.05) is 0 Å². The number of aliphatic hydroxyl groups is 2. The first kappa shape index (κ1) is 10.7. The first-order valence-electron chi connectivity index (χ1n) is 4.20. The molecule has 0 aromatic heterocycles. The Kier molecular flexibility index (Phi) is 3.67. The van der Waals surface area contributed by atoms with Gasteiger partial charge in [-0.05, 0) is 18.2 Å². The largest absolute Gasteiger partial charge is 0.397 e. The predicted molar refractivity (Wildman–Crippen MR) is 52.4 cm³/mol. The van der Waals surface area contributed by atoms with Crippen LogP contribution in [0.4, 0.5) is 15.8 Å². The van der Waals surface area contributed by atoms with Gasteiger partial charge in [-0.1, -0.05) is 0 Å². The number of nitrogens with two attached hydrogens (primary N) is 1. The first-order chi connectivity index (χ1) is 6.67. The monoisotopic (exact) mass is 200 g/mol. The molecule has 0 aliphatic rings. The van der Waals surface area contributed by atoms with Gasteiger partial charge in [-0.2, -0.15) is 0 Å². The number of nitrogens with one attached hydrogen (secondary N) is 1. The van der Waals surface area contributed by atoms with Crippen LogP contribution in [0.25, 0.3) is 0 Å². The Morgan fingerprint density at radius 2 is 2.00 bits per heavy atom. The molecule has 0 bridgehead atoms. The molecule has 0 saturated heterocycles. The Hall–Kier alpha value is -1.33. The molecule has 78 valence electrons. The van der Waals surface area contributed by atoms with Crippen LogP contribution < -0.4 is 11.1 Å². The van der Waals surface area contributed by atoms with Crippen LogP contribution in [0.5, 0.6) is 0 Å². The van der Waals surface area contributed by atoms with E-state index in [1.807, 2.05) is 0 Å². The molecular weight excluding hydrogens is 187 g/mol. The van der Waals surface area contributed by atoms with Crippen LogP contribution in [0, 0.1) is 5.82 Å². The summed E-state index contributed by atoms with van der Waals surface area (Å²) in [5, 5.41) is 20.4. The Balaban J connectivity index is 2.76. The molecule has 0 heterocycles. The van der Waals surface area contributed by atoms with Crippen molar-refractivity contribution in [3.63, 3.8) is 0 Å². The van der Waals surface area contributed by atoms with E-state index in [0.29, 0.717) is 5.69 Å². The average Bonchev–Trinajstić information content (AvgIpc) is 2.17. The number of benzene rings is 1. The van der Waals surface area contributed by atoms with Crippen molar-refractivity contribution in [1.82, 2.24) is 0 Å². The fourth-order valence-electron chi connectivity index (χ4n) is 1.03. The lowest BCUT2D eigenvalue weighted by molar-refractivity contribution is 0.204. The molecule has 5 heteroatoms. The summed E-state index contributed by atoms with van der Waals surface area (Å²) in [5.41, 5.74) is 6.26. The number of rotatable bonds is 4. The molecule has 5 N–H and O–H groups in total. The lowest BCUT2D eigenvalue weighted by atomic mass is 10.2. The molecule has 0 aliphatic heterocycles. The number of anilines is 2. The van der Waals surface area contributed by atoms with Crippen molar-refractivity contribution in [2.24, 2.45) is 0 Å². The fraction of sp³-hybridized carbons (Fsp3) is 0.333. The smallest absolute Gasteiger partial charge is 0.125 e. The zero-order chi connectivity index (χ0) is 10.6. The number of halogens is 1. The second-order valence-electron chi connectivity index (χ2n) is 2.94. The van der Waals surface area contributed by atoms with Crippen molar-refractivity contribution in [1.29, 1.82) is 0 Å². The van der Waals surface area contributed by atoms with Gasteiger partial charge in [0.05, 0.1) is 30.6 Å². The zero-order valence-corrected chi connectivity index (χ0v) is 7.57. The summed E-state index contributed by atoms with van der Waals surface area (Å²) in [6.07, 6.45) is 0. The van der Waals surface area contributed by atoms with Gasteiger partial charge >= 0.3 is 0 Å². The van der Waals surface area contributed by atoms with Gasteiger partial charge in [0.1, 0.15) is 5.82 Å². The van der Waals surface area contributed by atoms with E-state index >= 15 is 0 Å². The molecule has 0 fully saturated rings. The molecular formula is C9H13FN2O2. The Morgan fingerprint density at radius 1 is 1.36 bits per heavy atom. The molecule has 1 rings (SSSR count). The Morgan fingerprint density at radius 3 is 2.50 bits per heavy atom. The van der Waals surface area contributed by atoms with E-state index in [2.05, 4.69) is 5.32 Å². The highest BCUT2D eigenvalue weighted by atomic mass is 19.1. The molecule has 0 saturated carbocycles. The molecule has 4 nitrogen and oxygen atoms in total. The molecule has 0 unspecified atom stereocenters. The van der Waals surface area contributed by atoms with Gasteiger partial charge in [0.2, 0.25) is 0 Å². The third kappa shape index (κ3) is 2.58. The zero-order valence-electron chi connectivity index (χ0n) is 7.57. The van der Waals surface area contributed by atoms with Crippen LogP contribution >= 0.6 is 0 Å². The minimum absolute atomic E-state index is 0.215. The lowest BCUT2D eigenvalue weighted by Gasteiger charge is -2.16. The van der Waals surface area contributed by atoms with Crippen molar-refractivity contribution < 1.29 is 14.6 Å². The summed E-state index contributed by atoms with van der Waals surface area (Å²) in [7, 11) is 0. The molecule has 0 radical (unpaired) electrons. The van der Waals surface area contributed by atoms with Crippen molar-refractivity contribution in [3.8, 4) is 0 Å². The van der Waals surface area contributed by atoms with E-state index in [9.17, 15) is 4.39 Å². The van der Waals surface area contributed by atoms with Crippen LogP contribution in [0.3, 0.4) is 0 Å². The molecule has 1 aromatic carbocycles. The van der Waals surface area contributed by atoms with Crippen LogP contribution in [0.1, 0.15) is 0 Å². The maximum absolute atomic E-state index is 12.6. The minimum Gasteiger partial charge on any atom is -0.397 e. The average molecular weight is 200 g/mol. The van der Waals surface area contributed by atoms with E-state index in [-0.39, 0.29) is 18.9 Å². The van der Waals surface area contributed by atoms with Crippen molar-refractivity contribution in [3.05, 3.63) is 24.0 Å². The SMILES string of the molecule is Nc1cc(F)ccc1NC(CO)CO. The summed E-state index contributed by atoms with van der Waals surface area (Å²) >= 11 is 0. The standard InChI is InChI=1S/C9H13FN2O2/c10-6-1-2-9(8(11)3-6)12-7(4-13)5-14/h1-3,7,12-14H,4-5,11H2. The number of hydrogen-bond acceptors (Lipinski definition) is 4. The summed E-state index contributed by atoms with van der Waals surface area (Å²) in [6.45, 7) is -0.430. The minimum atomic E-state index is -0.484. The van der Waals surface area contributed by atoms with Gasteiger partial charge in [-0.3, -0.25) is 0 Å². The topological polar surface area (TPSA) is 78.5 Å². The molecule has 0 amide bonds. The van der Waals surface area contributed by atoms with Gasteiger partial charge in [-0.25, -0.2) is 4.39 Å². The Labute approximate surface area is 81.2 Å². The number of hydrogen-bond donors (Lipinski definition) is 4. The Bertz CT molecular complexity index is 303. The maximum atomic E-state index is 12.6. The quantitative estimate of drug-likeness (QED) is 0.522. The second-order valence-corrected chi connectivity index (χ2v) is 2.94.